The molecule has 0 aromatic heterocycles. The van der Waals surface area contributed by atoms with Gasteiger partial charge in [0.25, 0.3) is 0 Å². The van der Waals surface area contributed by atoms with Gasteiger partial charge in [-0.15, -0.1) is 12.4 Å². The van der Waals surface area contributed by atoms with Gasteiger partial charge in [-0.1, -0.05) is 54.6 Å². The monoisotopic (exact) mass is 585 g/mol. The number of halogens is 1. The number of nitrogens with zero attached hydrogens (tertiary/aromatic N) is 2. The summed E-state index contributed by atoms with van der Waals surface area (Å²) in [5.41, 5.74) is 2.85. The summed E-state index contributed by atoms with van der Waals surface area (Å²) in [5.74, 6) is 1.31. The molecule has 1 aliphatic heterocycles. The third kappa shape index (κ3) is 9.89. The highest BCUT2D eigenvalue weighted by molar-refractivity contribution is 7.92. The molecular weight excluding hydrogens is 550 g/mol. The molecule has 0 aliphatic carbocycles. The standard InChI is InChI=1S/C30H35N3O5S.ClH/c1-39(36,37)31-26-12-16-29(17-13-26)38-28-14-10-25(11-15-28)23-32-21-18-27(19-22-32)33(30(34)35)20-6-5-9-24-7-3-2-4-8-24;/h2-8,10-17,27,31H,9,18-23H2,1H3,(H,34,35);1H. The van der Waals surface area contributed by atoms with Crippen molar-refractivity contribution in [2.24, 2.45) is 0 Å². The Bertz CT molecular complexity index is 1340. The van der Waals surface area contributed by atoms with E-state index in [1.807, 2.05) is 54.6 Å². The molecule has 4 rings (SSSR count). The van der Waals surface area contributed by atoms with Crippen molar-refractivity contribution < 1.29 is 23.1 Å². The van der Waals surface area contributed by atoms with Crippen LogP contribution in [0.15, 0.2) is 91.0 Å². The van der Waals surface area contributed by atoms with Crippen LogP contribution in [-0.2, 0) is 23.0 Å². The molecule has 1 amide bonds. The number of benzene rings is 3. The molecule has 3 aromatic carbocycles. The minimum atomic E-state index is -3.32. The summed E-state index contributed by atoms with van der Waals surface area (Å²) in [4.78, 5) is 15.8. The van der Waals surface area contributed by atoms with Crippen molar-refractivity contribution in [1.29, 1.82) is 0 Å². The SMILES string of the molecule is CS(=O)(=O)Nc1ccc(Oc2ccc(CN3CCC(N(CC=CCc4ccccc4)C(=O)O)CC3)cc2)cc1.Cl. The summed E-state index contributed by atoms with van der Waals surface area (Å²) in [7, 11) is -3.32. The van der Waals surface area contributed by atoms with Gasteiger partial charge < -0.3 is 14.7 Å². The first-order valence-electron chi connectivity index (χ1n) is 13.0. The van der Waals surface area contributed by atoms with Gasteiger partial charge in [-0.3, -0.25) is 9.62 Å². The lowest BCUT2D eigenvalue weighted by atomic mass is 10.0. The fourth-order valence-corrected chi connectivity index (χ4v) is 5.22. The van der Waals surface area contributed by atoms with E-state index in [0.29, 0.717) is 23.7 Å². The van der Waals surface area contributed by atoms with Crippen LogP contribution in [0.25, 0.3) is 0 Å². The molecule has 0 saturated carbocycles. The fourth-order valence-electron chi connectivity index (χ4n) is 4.66. The van der Waals surface area contributed by atoms with Crippen LogP contribution in [0.5, 0.6) is 11.5 Å². The van der Waals surface area contributed by atoms with Gasteiger partial charge in [-0.2, -0.15) is 0 Å². The third-order valence-electron chi connectivity index (χ3n) is 6.63. The first-order chi connectivity index (χ1) is 18.7. The van der Waals surface area contributed by atoms with Gasteiger partial charge in [-0.25, -0.2) is 13.2 Å². The topological polar surface area (TPSA) is 99.2 Å². The number of piperidine rings is 1. The van der Waals surface area contributed by atoms with Crippen molar-refractivity contribution in [3.8, 4) is 11.5 Å². The van der Waals surface area contributed by atoms with Gasteiger partial charge in [0.15, 0.2) is 0 Å². The highest BCUT2D eigenvalue weighted by Gasteiger charge is 2.27. The molecular formula is C30H36ClN3O5S. The summed E-state index contributed by atoms with van der Waals surface area (Å²) in [5, 5.41) is 9.77. The second-order valence-electron chi connectivity index (χ2n) is 9.75. The summed E-state index contributed by atoms with van der Waals surface area (Å²) in [6.45, 7) is 2.89. The molecule has 10 heteroatoms. The maximum absolute atomic E-state index is 11.9. The Kier molecular flexibility index (Phi) is 11.4. The number of amides is 1. The van der Waals surface area contributed by atoms with E-state index in [4.69, 9.17) is 4.74 Å². The maximum Gasteiger partial charge on any atom is 0.407 e. The van der Waals surface area contributed by atoms with Crippen LogP contribution in [0.2, 0.25) is 0 Å². The zero-order chi connectivity index (χ0) is 27.7. The van der Waals surface area contributed by atoms with Gasteiger partial charge in [0.1, 0.15) is 11.5 Å². The number of hydrogen-bond donors (Lipinski definition) is 2. The molecule has 0 unspecified atom stereocenters. The average Bonchev–Trinajstić information content (AvgIpc) is 2.91. The largest absolute Gasteiger partial charge is 0.465 e. The highest BCUT2D eigenvalue weighted by atomic mass is 35.5. The van der Waals surface area contributed by atoms with Crippen LogP contribution in [0.1, 0.15) is 24.0 Å². The van der Waals surface area contributed by atoms with E-state index >= 15 is 0 Å². The number of nitrogens with one attached hydrogen (secondary N) is 1. The van der Waals surface area contributed by atoms with Crippen LogP contribution in [0.4, 0.5) is 10.5 Å². The Morgan fingerprint density at radius 1 is 0.950 bits per heavy atom. The second-order valence-corrected chi connectivity index (χ2v) is 11.5. The summed E-state index contributed by atoms with van der Waals surface area (Å²) in [6.07, 6.45) is 6.66. The first kappa shape index (κ1) is 31.0. The number of sulfonamides is 1. The van der Waals surface area contributed by atoms with Crippen LogP contribution in [-0.4, -0.2) is 61.3 Å². The predicted molar refractivity (Wildman–Crippen MR) is 161 cm³/mol. The van der Waals surface area contributed by atoms with Crippen LogP contribution < -0.4 is 9.46 Å². The smallest absolute Gasteiger partial charge is 0.407 e. The molecule has 0 spiro atoms. The van der Waals surface area contributed by atoms with Gasteiger partial charge in [0, 0.05) is 37.9 Å². The molecule has 40 heavy (non-hydrogen) atoms. The lowest BCUT2D eigenvalue weighted by Gasteiger charge is -2.36. The number of allylic oxidation sites excluding steroid dienone is 1. The second kappa shape index (κ2) is 14.7. The number of carbonyl (C=O) groups is 1. The lowest BCUT2D eigenvalue weighted by Crippen LogP contribution is -2.46. The Morgan fingerprint density at radius 3 is 2.12 bits per heavy atom. The Morgan fingerprint density at radius 2 is 1.55 bits per heavy atom. The first-order valence-corrected chi connectivity index (χ1v) is 14.9. The number of hydrogen-bond acceptors (Lipinski definition) is 5. The number of rotatable bonds is 11. The number of carboxylic acid groups (broad SMARTS) is 1. The quantitative estimate of drug-likeness (QED) is 0.267. The van der Waals surface area contributed by atoms with E-state index in [1.54, 1.807) is 29.2 Å². The Labute approximate surface area is 242 Å². The molecule has 0 atom stereocenters. The Balaban J connectivity index is 0.00000441. The molecule has 8 nitrogen and oxygen atoms in total. The minimum absolute atomic E-state index is 0. The van der Waals surface area contributed by atoms with Crippen molar-refractivity contribution in [3.63, 3.8) is 0 Å². The van der Waals surface area contributed by atoms with Crippen molar-refractivity contribution in [1.82, 2.24) is 9.80 Å². The van der Waals surface area contributed by atoms with Gasteiger partial charge in [0.05, 0.1) is 6.26 Å². The van der Waals surface area contributed by atoms with Crippen molar-refractivity contribution in [3.05, 3.63) is 102 Å². The zero-order valence-electron chi connectivity index (χ0n) is 22.5. The highest BCUT2D eigenvalue weighted by Crippen LogP contribution is 2.25. The van der Waals surface area contributed by atoms with E-state index in [9.17, 15) is 18.3 Å². The molecule has 0 bridgehead atoms. The molecule has 1 saturated heterocycles. The molecule has 1 fully saturated rings. The zero-order valence-corrected chi connectivity index (χ0v) is 24.1. The van der Waals surface area contributed by atoms with Gasteiger partial charge >= 0.3 is 6.09 Å². The van der Waals surface area contributed by atoms with Crippen molar-refractivity contribution in [2.75, 3.05) is 30.6 Å². The lowest BCUT2D eigenvalue weighted by molar-refractivity contribution is 0.0950. The van der Waals surface area contributed by atoms with E-state index in [-0.39, 0.29) is 18.4 Å². The molecule has 2 N–H and O–H groups in total. The van der Waals surface area contributed by atoms with E-state index < -0.39 is 16.1 Å². The molecule has 3 aromatic rings. The van der Waals surface area contributed by atoms with Gasteiger partial charge in [-0.05, 0) is 66.8 Å². The van der Waals surface area contributed by atoms with Crippen LogP contribution in [0.3, 0.4) is 0 Å². The average molecular weight is 586 g/mol. The van der Waals surface area contributed by atoms with E-state index in [1.165, 1.54) is 5.56 Å². The van der Waals surface area contributed by atoms with Crippen LogP contribution >= 0.6 is 12.4 Å². The van der Waals surface area contributed by atoms with Crippen molar-refractivity contribution in [2.45, 2.75) is 31.8 Å². The molecule has 1 aliphatic rings. The summed E-state index contributed by atoms with van der Waals surface area (Å²) in [6, 6.07) is 24.8. The van der Waals surface area contributed by atoms with Crippen LogP contribution in [0, 0.1) is 0 Å². The normalized spacial score (nSPS) is 14.4. The predicted octanol–water partition coefficient (Wildman–Crippen LogP) is 6.02. The molecule has 1 heterocycles. The summed E-state index contributed by atoms with van der Waals surface area (Å²) >= 11 is 0. The number of ether oxygens (including phenoxy) is 1. The minimum Gasteiger partial charge on any atom is -0.465 e. The third-order valence-corrected chi connectivity index (χ3v) is 7.24. The molecule has 0 radical (unpaired) electrons. The fraction of sp³-hybridized carbons (Fsp3) is 0.300. The van der Waals surface area contributed by atoms with Gasteiger partial charge in [0.2, 0.25) is 10.0 Å². The van der Waals surface area contributed by atoms with E-state index in [0.717, 1.165) is 50.7 Å². The molecule has 214 valence electrons. The number of likely N-dealkylation sites (tertiary alicyclic amines) is 1. The number of anilines is 1. The van der Waals surface area contributed by atoms with Crippen molar-refractivity contribution >= 4 is 34.2 Å². The maximum atomic E-state index is 11.9. The Hall–Kier alpha value is -3.53. The summed E-state index contributed by atoms with van der Waals surface area (Å²) < 4.78 is 31.0. The van der Waals surface area contributed by atoms with E-state index in [2.05, 4.69) is 21.8 Å².